The molecule has 0 aliphatic carbocycles. The molecule has 0 unspecified atom stereocenters. The Kier molecular flexibility index (Phi) is 9.32. The van der Waals surface area contributed by atoms with Crippen LogP contribution in [0.2, 0.25) is 0 Å². The number of rotatable bonds is 12. The van der Waals surface area contributed by atoms with Gasteiger partial charge in [-0.15, -0.1) is 0 Å². The first-order valence-electron chi connectivity index (χ1n) is 11.6. The highest BCUT2D eigenvalue weighted by Crippen LogP contribution is 2.30. The van der Waals surface area contributed by atoms with Gasteiger partial charge in [0, 0.05) is 6.54 Å². The minimum Gasteiger partial charge on any atom is -0.494 e. The number of carbonyl (C=O) groups is 1. The number of sulfonamides is 1. The van der Waals surface area contributed by atoms with E-state index in [1.54, 1.807) is 31.4 Å². The third kappa shape index (κ3) is 6.77. The van der Waals surface area contributed by atoms with E-state index in [4.69, 9.17) is 14.2 Å². The van der Waals surface area contributed by atoms with Crippen LogP contribution in [0.1, 0.15) is 31.0 Å². The van der Waals surface area contributed by atoms with Crippen LogP contribution in [0.4, 0.5) is 0 Å². The molecule has 8 nitrogen and oxygen atoms in total. The van der Waals surface area contributed by atoms with E-state index in [1.807, 2.05) is 50.2 Å². The molecule has 1 N–H and O–H groups in total. The lowest BCUT2D eigenvalue weighted by Crippen LogP contribution is -2.41. The highest BCUT2D eigenvalue weighted by molar-refractivity contribution is 7.89. The highest BCUT2D eigenvalue weighted by atomic mass is 32.2. The van der Waals surface area contributed by atoms with Crippen molar-refractivity contribution in [2.45, 2.75) is 31.3 Å². The van der Waals surface area contributed by atoms with Gasteiger partial charge in [-0.2, -0.15) is 4.31 Å². The quantitative estimate of drug-likeness (QED) is 0.392. The molecular formula is C27H32N2O6S. The fourth-order valence-electron chi connectivity index (χ4n) is 3.69. The smallest absolute Gasteiger partial charge is 0.243 e. The van der Waals surface area contributed by atoms with Crippen molar-refractivity contribution in [1.82, 2.24) is 9.62 Å². The molecule has 192 valence electrons. The fourth-order valence-corrected chi connectivity index (χ4v) is 5.07. The molecule has 0 saturated carbocycles. The minimum absolute atomic E-state index is 0.0501. The van der Waals surface area contributed by atoms with Crippen molar-refractivity contribution in [3.8, 4) is 17.2 Å². The van der Waals surface area contributed by atoms with E-state index in [9.17, 15) is 13.2 Å². The van der Waals surface area contributed by atoms with Crippen molar-refractivity contribution < 1.29 is 27.4 Å². The van der Waals surface area contributed by atoms with Crippen LogP contribution in [0.15, 0.2) is 77.7 Å². The van der Waals surface area contributed by atoms with Crippen LogP contribution < -0.4 is 19.5 Å². The van der Waals surface area contributed by atoms with Gasteiger partial charge < -0.3 is 19.5 Å². The number of nitrogens with zero attached hydrogens (tertiary/aromatic N) is 1. The molecule has 0 radical (unpaired) electrons. The summed E-state index contributed by atoms with van der Waals surface area (Å²) in [5, 5.41) is 2.89. The van der Waals surface area contributed by atoms with Gasteiger partial charge in [0.05, 0.1) is 38.3 Å². The number of nitrogens with one attached hydrogen (secondary N) is 1. The average molecular weight is 513 g/mol. The van der Waals surface area contributed by atoms with Crippen LogP contribution >= 0.6 is 0 Å². The lowest BCUT2D eigenvalue weighted by molar-refractivity contribution is -0.122. The summed E-state index contributed by atoms with van der Waals surface area (Å²) < 4.78 is 44.3. The van der Waals surface area contributed by atoms with Gasteiger partial charge in [0.15, 0.2) is 11.5 Å². The number of hydrogen-bond donors (Lipinski definition) is 1. The predicted molar refractivity (Wildman–Crippen MR) is 138 cm³/mol. The molecule has 0 fully saturated rings. The molecule has 0 aromatic heterocycles. The summed E-state index contributed by atoms with van der Waals surface area (Å²) in [5.41, 5.74) is 1.57. The first kappa shape index (κ1) is 27.0. The van der Waals surface area contributed by atoms with Crippen LogP contribution in [0.3, 0.4) is 0 Å². The summed E-state index contributed by atoms with van der Waals surface area (Å²) in [5.74, 6) is 1.27. The second kappa shape index (κ2) is 12.4. The van der Waals surface area contributed by atoms with Gasteiger partial charge in [-0.3, -0.25) is 4.79 Å². The van der Waals surface area contributed by atoms with Gasteiger partial charge in [0.25, 0.3) is 0 Å². The Balaban J connectivity index is 1.81. The van der Waals surface area contributed by atoms with Crippen LogP contribution in [0.25, 0.3) is 0 Å². The lowest BCUT2D eigenvalue weighted by Gasteiger charge is -2.23. The maximum absolute atomic E-state index is 13.5. The van der Waals surface area contributed by atoms with E-state index in [2.05, 4.69) is 5.32 Å². The number of carbonyl (C=O) groups excluding carboxylic acids is 1. The maximum atomic E-state index is 13.5. The SMILES string of the molecule is CCOc1ccc(S(=O)(=O)N(CC(=O)N[C@@H](C)c2ccc(OC)c(OC)c2)Cc2ccccc2)cc1. The molecule has 1 atom stereocenters. The molecule has 0 heterocycles. The molecule has 0 spiro atoms. The van der Waals surface area contributed by atoms with E-state index in [0.29, 0.717) is 23.9 Å². The number of benzene rings is 3. The van der Waals surface area contributed by atoms with Gasteiger partial charge in [0.2, 0.25) is 15.9 Å². The van der Waals surface area contributed by atoms with Crippen LogP contribution in [0.5, 0.6) is 17.2 Å². The molecule has 36 heavy (non-hydrogen) atoms. The summed E-state index contributed by atoms with van der Waals surface area (Å²) in [4.78, 5) is 13.1. The van der Waals surface area contributed by atoms with Crippen LogP contribution in [-0.4, -0.2) is 46.0 Å². The first-order valence-corrected chi connectivity index (χ1v) is 13.0. The Morgan fingerprint density at radius 1 is 0.944 bits per heavy atom. The van der Waals surface area contributed by atoms with Crippen molar-refractivity contribution in [1.29, 1.82) is 0 Å². The summed E-state index contributed by atoms with van der Waals surface area (Å²) in [7, 11) is -0.875. The van der Waals surface area contributed by atoms with Gasteiger partial charge in [-0.05, 0) is 61.4 Å². The molecule has 0 aliphatic rings. The van der Waals surface area contributed by atoms with E-state index >= 15 is 0 Å². The summed E-state index contributed by atoms with van der Waals surface area (Å²) in [6.45, 7) is 3.86. The lowest BCUT2D eigenvalue weighted by atomic mass is 10.1. The molecule has 1 amide bonds. The normalized spacial score (nSPS) is 12.1. The van der Waals surface area contributed by atoms with Crippen molar-refractivity contribution >= 4 is 15.9 Å². The summed E-state index contributed by atoms with van der Waals surface area (Å²) in [6, 6.07) is 20.3. The topological polar surface area (TPSA) is 94.2 Å². The zero-order valence-corrected chi connectivity index (χ0v) is 21.7. The molecule has 0 aliphatic heterocycles. The largest absolute Gasteiger partial charge is 0.494 e. The van der Waals surface area contributed by atoms with Crippen molar-refractivity contribution in [3.63, 3.8) is 0 Å². The average Bonchev–Trinajstić information content (AvgIpc) is 2.89. The Hall–Kier alpha value is -3.56. The zero-order chi connectivity index (χ0) is 26.1. The van der Waals surface area contributed by atoms with Gasteiger partial charge in [-0.25, -0.2) is 8.42 Å². The fraction of sp³-hybridized carbons (Fsp3) is 0.296. The van der Waals surface area contributed by atoms with Crippen LogP contribution in [0, 0.1) is 0 Å². The standard InChI is InChI=1S/C27H32N2O6S/c1-5-35-23-12-14-24(15-13-23)36(31,32)29(18-21-9-7-6-8-10-21)19-27(30)28-20(2)22-11-16-25(33-3)26(17-22)34-4/h6-17,20H,5,18-19H2,1-4H3,(H,28,30)/t20-/m0/s1. The van der Waals surface area contributed by atoms with E-state index in [-0.39, 0.29) is 24.0 Å². The Bertz CT molecular complexity index is 1250. The number of ether oxygens (including phenoxy) is 3. The van der Waals surface area contributed by atoms with E-state index < -0.39 is 15.9 Å². The Morgan fingerprint density at radius 2 is 1.61 bits per heavy atom. The maximum Gasteiger partial charge on any atom is 0.243 e. The van der Waals surface area contributed by atoms with E-state index in [0.717, 1.165) is 11.1 Å². The molecule has 9 heteroatoms. The molecule has 3 aromatic rings. The minimum atomic E-state index is -3.97. The predicted octanol–water partition coefficient (Wildman–Crippen LogP) is 4.17. The van der Waals surface area contributed by atoms with Crippen molar-refractivity contribution in [2.75, 3.05) is 27.4 Å². The third-order valence-electron chi connectivity index (χ3n) is 5.58. The Morgan fingerprint density at radius 3 is 2.22 bits per heavy atom. The van der Waals surface area contributed by atoms with Crippen molar-refractivity contribution in [3.05, 3.63) is 83.9 Å². The van der Waals surface area contributed by atoms with E-state index in [1.165, 1.54) is 23.5 Å². The molecule has 3 aromatic carbocycles. The van der Waals surface area contributed by atoms with Crippen molar-refractivity contribution in [2.24, 2.45) is 0 Å². The van der Waals surface area contributed by atoms with Gasteiger partial charge >= 0.3 is 0 Å². The number of hydrogen-bond acceptors (Lipinski definition) is 6. The van der Waals surface area contributed by atoms with Crippen LogP contribution in [-0.2, 0) is 21.4 Å². The first-order chi connectivity index (χ1) is 17.3. The van der Waals surface area contributed by atoms with Gasteiger partial charge in [0.1, 0.15) is 5.75 Å². The molecule has 3 rings (SSSR count). The second-order valence-electron chi connectivity index (χ2n) is 8.07. The monoisotopic (exact) mass is 512 g/mol. The third-order valence-corrected chi connectivity index (χ3v) is 7.39. The number of methoxy groups -OCH3 is 2. The summed E-state index contributed by atoms with van der Waals surface area (Å²) in [6.07, 6.45) is 0. The molecule has 0 saturated heterocycles. The summed E-state index contributed by atoms with van der Waals surface area (Å²) >= 11 is 0. The second-order valence-corrected chi connectivity index (χ2v) is 10.0. The molecular weight excluding hydrogens is 480 g/mol. The number of amides is 1. The van der Waals surface area contributed by atoms with Gasteiger partial charge in [-0.1, -0.05) is 36.4 Å². The zero-order valence-electron chi connectivity index (χ0n) is 20.9. The Labute approximate surface area is 212 Å². The molecule has 0 bridgehead atoms. The highest BCUT2D eigenvalue weighted by Gasteiger charge is 2.27.